The molecule has 2 aliphatic heterocycles. The van der Waals surface area contributed by atoms with Crippen molar-refractivity contribution >= 4 is 0 Å². The molecule has 0 amide bonds. The molecule has 1 aromatic carbocycles. The Labute approximate surface area is 106 Å². The summed E-state index contributed by atoms with van der Waals surface area (Å²) >= 11 is 0. The minimum atomic E-state index is -0.273. The Morgan fingerprint density at radius 2 is 2.28 bits per heavy atom. The third-order valence-corrected chi connectivity index (χ3v) is 4.17. The first kappa shape index (κ1) is 11.9. The standard InChI is InChI=1S/C14H18FNO2/c1-17-12-4-2-8(15)6-10(12)14(16)11-7-9-3-5-13(11)18-9/h2,4,6,9,11,13-14H,3,5,7,16H2,1H3. The Bertz CT molecular complexity index is 451. The molecule has 2 fully saturated rings. The summed E-state index contributed by atoms with van der Waals surface area (Å²) in [6.07, 6.45) is 3.77. The van der Waals surface area contributed by atoms with E-state index in [0.29, 0.717) is 11.9 Å². The summed E-state index contributed by atoms with van der Waals surface area (Å²) in [6, 6.07) is 4.30. The molecular formula is C14H18FNO2. The van der Waals surface area contributed by atoms with Gasteiger partial charge in [0.15, 0.2) is 0 Å². The van der Waals surface area contributed by atoms with Crippen molar-refractivity contribution in [3.8, 4) is 5.75 Å². The van der Waals surface area contributed by atoms with Crippen LogP contribution in [0.5, 0.6) is 5.75 Å². The molecule has 4 unspecified atom stereocenters. The second-order valence-corrected chi connectivity index (χ2v) is 5.19. The van der Waals surface area contributed by atoms with E-state index in [-0.39, 0.29) is 23.9 Å². The average molecular weight is 251 g/mol. The zero-order chi connectivity index (χ0) is 12.7. The van der Waals surface area contributed by atoms with Crippen LogP contribution in [0, 0.1) is 11.7 Å². The van der Waals surface area contributed by atoms with Crippen LogP contribution in [0.2, 0.25) is 0 Å². The molecule has 4 heteroatoms. The van der Waals surface area contributed by atoms with Gasteiger partial charge in [-0.1, -0.05) is 0 Å². The van der Waals surface area contributed by atoms with Gasteiger partial charge in [0.05, 0.1) is 19.3 Å². The van der Waals surface area contributed by atoms with E-state index in [0.717, 1.165) is 24.8 Å². The van der Waals surface area contributed by atoms with Crippen LogP contribution in [-0.4, -0.2) is 19.3 Å². The molecule has 18 heavy (non-hydrogen) atoms. The average Bonchev–Trinajstić information content (AvgIpc) is 3.00. The van der Waals surface area contributed by atoms with Crippen LogP contribution in [-0.2, 0) is 4.74 Å². The summed E-state index contributed by atoms with van der Waals surface area (Å²) < 4.78 is 24.5. The fraction of sp³-hybridized carbons (Fsp3) is 0.571. The van der Waals surface area contributed by atoms with E-state index >= 15 is 0 Å². The third kappa shape index (κ3) is 1.89. The maximum absolute atomic E-state index is 13.4. The van der Waals surface area contributed by atoms with Crippen molar-refractivity contribution in [2.75, 3.05) is 7.11 Å². The van der Waals surface area contributed by atoms with E-state index in [2.05, 4.69) is 0 Å². The lowest BCUT2D eigenvalue weighted by molar-refractivity contribution is 0.0883. The highest BCUT2D eigenvalue weighted by molar-refractivity contribution is 5.37. The van der Waals surface area contributed by atoms with Gasteiger partial charge < -0.3 is 15.2 Å². The monoisotopic (exact) mass is 251 g/mol. The Balaban J connectivity index is 1.87. The molecule has 2 bridgehead atoms. The number of methoxy groups -OCH3 is 1. The molecule has 0 spiro atoms. The first-order valence-corrected chi connectivity index (χ1v) is 6.43. The second-order valence-electron chi connectivity index (χ2n) is 5.19. The van der Waals surface area contributed by atoms with Crippen LogP contribution in [0.15, 0.2) is 18.2 Å². The number of hydrogen-bond donors (Lipinski definition) is 1. The van der Waals surface area contributed by atoms with Crippen LogP contribution >= 0.6 is 0 Å². The van der Waals surface area contributed by atoms with Crippen LogP contribution in [0.4, 0.5) is 4.39 Å². The second kappa shape index (κ2) is 4.52. The summed E-state index contributed by atoms with van der Waals surface area (Å²) in [5.41, 5.74) is 7.05. The Morgan fingerprint density at radius 1 is 1.44 bits per heavy atom. The molecule has 0 saturated carbocycles. The molecule has 2 saturated heterocycles. The van der Waals surface area contributed by atoms with Crippen molar-refractivity contribution in [3.05, 3.63) is 29.6 Å². The first-order chi connectivity index (χ1) is 8.69. The van der Waals surface area contributed by atoms with Gasteiger partial charge in [-0.25, -0.2) is 4.39 Å². The van der Waals surface area contributed by atoms with Crippen molar-refractivity contribution in [1.29, 1.82) is 0 Å². The molecule has 3 rings (SSSR count). The normalized spacial score (nSPS) is 31.6. The maximum atomic E-state index is 13.4. The van der Waals surface area contributed by atoms with Gasteiger partial charge in [-0.3, -0.25) is 0 Å². The van der Waals surface area contributed by atoms with Crippen LogP contribution in [0.25, 0.3) is 0 Å². The predicted octanol–water partition coefficient (Wildman–Crippen LogP) is 2.40. The van der Waals surface area contributed by atoms with E-state index < -0.39 is 0 Å². The summed E-state index contributed by atoms with van der Waals surface area (Å²) in [5.74, 6) is 0.663. The molecule has 4 atom stereocenters. The van der Waals surface area contributed by atoms with E-state index in [4.69, 9.17) is 15.2 Å². The van der Waals surface area contributed by atoms with Crippen LogP contribution in [0.1, 0.15) is 30.9 Å². The van der Waals surface area contributed by atoms with Crippen molar-refractivity contribution < 1.29 is 13.9 Å². The molecule has 2 N–H and O–H groups in total. The van der Waals surface area contributed by atoms with E-state index in [1.807, 2.05) is 0 Å². The highest BCUT2D eigenvalue weighted by atomic mass is 19.1. The predicted molar refractivity (Wildman–Crippen MR) is 65.9 cm³/mol. The van der Waals surface area contributed by atoms with Gasteiger partial charge in [0.2, 0.25) is 0 Å². The quantitative estimate of drug-likeness (QED) is 0.897. The van der Waals surface area contributed by atoms with Gasteiger partial charge in [-0.05, 0) is 37.5 Å². The fourth-order valence-electron chi connectivity index (χ4n) is 3.25. The molecule has 98 valence electrons. The maximum Gasteiger partial charge on any atom is 0.123 e. The first-order valence-electron chi connectivity index (χ1n) is 6.43. The smallest absolute Gasteiger partial charge is 0.123 e. The number of hydrogen-bond acceptors (Lipinski definition) is 3. The van der Waals surface area contributed by atoms with Crippen molar-refractivity contribution in [2.24, 2.45) is 11.7 Å². The Morgan fingerprint density at radius 3 is 2.89 bits per heavy atom. The van der Waals surface area contributed by atoms with E-state index in [9.17, 15) is 4.39 Å². The fourth-order valence-corrected chi connectivity index (χ4v) is 3.25. The number of nitrogens with two attached hydrogens (primary N) is 1. The number of rotatable bonds is 3. The Kier molecular flexibility index (Phi) is 2.99. The van der Waals surface area contributed by atoms with Gasteiger partial charge in [0, 0.05) is 17.5 Å². The summed E-state index contributed by atoms with van der Waals surface area (Å²) in [4.78, 5) is 0. The minimum absolute atomic E-state index is 0.217. The van der Waals surface area contributed by atoms with E-state index in [1.54, 1.807) is 13.2 Å². The number of fused-ring (bicyclic) bond motifs is 2. The molecule has 3 nitrogen and oxygen atoms in total. The number of benzene rings is 1. The van der Waals surface area contributed by atoms with Crippen LogP contribution in [0.3, 0.4) is 0 Å². The van der Waals surface area contributed by atoms with Gasteiger partial charge in [-0.15, -0.1) is 0 Å². The molecule has 0 radical (unpaired) electrons. The molecule has 0 aliphatic carbocycles. The van der Waals surface area contributed by atoms with Gasteiger partial charge >= 0.3 is 0 Å². The Hall–Kier alpha value is -1.13. The third-order valence-electron chi connectivity index (χ3n) is 4.17. The zero-order valence-corrected chi connectivity index (χ0v) is 10.4. The van der Waals surface area contributed by atoms with Gasteiger partial charge in [-0.2, -0.15) is 0 Å². The molecule has 2 heterocycles. The molecule has 0 aromatic heterocycles. The molecule has 2 aliphatic rings. The lowest BCUT2D eigenvalue weighted by atomic mass is 9.81. The number of ether oxygens (including phenoxy) is 2. The summed E-state index contributed by atoms with van der Waals surface area (Å²) in [6.45, 7) is 0. The van der Waals surface area contributed by atoms with Crippen molar-refractivity contribution in [3.63, 3.8) is 0 Å². The molecular weight excluding hydrogens is 233 g/mol. The zero-order valence-electron chi connectivity index (χ0n) is 10.4. The lowest BCUT2D eigenvalue weighted by Gasteiger charge is -2.26. The highest BCUT2D eigenvalue weighted by Gasteiger charge is 2.44. The van der Waals surface area contributed by atoms with Crippen molar-refractivity contribution in [1.82, 2.24) is 0 Å². The topological polar surface area (TPSA) is 44.5 Å². The minimum Gasteiger partial charge on any atom is -0.496 e. The summed E-state index contributed by atoms with van der Waals surface area (Å²) in [7, 11) is 1.58. The number of halogens is 1. The SMILES string of the molecule is COc1ccc(F)cc1C(N)C1CC2CCC1O2. The van der Waals surface area contributed by atoms with Gasteiger partial charge in [0.1, 0.15) is 11.6 Å². The van der Waals surface area contributed by atoms with Gasteiger partial charge in [0.25, 0.3) is 0 Å². The van der Waals surface area contributed by atoms with Crippen LogP contribution < -0.4 is 10.5 Å². The largest absolute Gasteiger partial charge is 0.496 e. The molecule has 1 aromatic rings. The van der Waals surface area contributed by atoms with Crippen molar-refractivity contribution in [2.45, 2.75) is 37.5 Å². The lowest BCUT2D eigenvalue weighted by Crippen LogP contribution is -2.29. The summed E-state index contributed by atoms with van der Waals surface area (Å²) in [5, 5.41) is 0. The highest BCUT2D eigenvalue weighted by Crippen LogP contribution is 2.45. The van der Waals surface area contributed by atoms with E-state index in [1.165, 1.54) is 12.1 Å².